The smallest absolute Gasteiger partial charge is 0.379 e. The predicted molar refractivity (Wildman–Crippen MR) is 64.5 cm³/mol. The van der Waals surface area contributed by atoms with Crippen LogP contribution in [0.5, 0.6) is 0 Å². The zero-order valence-electron chi connectivity index (χ0n) is 10.2. The van der Waals surface area contributed by atoms with Gasteiger partial charge >= 0.3 is 5.97 Å². The van der Waals surface area contributed by atoms with Crippen molar-refractivity contribution in [2.24, 2.45) is 0 Å². The summed E-state index contributed by atoms with van der Waals surface area (Å²) in [6, 6.07) is 4.98. The molecule has 1 heterocycles. The summed E-state index contributed by atoms with van der Waals surface area (Å²) < 4.78 is 4.69. The molecule has 0 saturated heterocycles. The van der Waals surface area contributed by atoms with Gasteiger partial charge in [-0.2, -0.15) is 0 Å². The molecular formula is C13H13NO4. The van der Waals surface area contributed by atoms with Gasteiger partial charge in [-0.15, -0.1) is 0 Å². The van der Waals surface area contributed by atoms with E-state index in [2.05, 4.69) is 4.74 Å². The molecule has 0 saturated carbocycles. The standard InChI is InChI=1S/C13H13NO4/c1-3-18-13(17)12(16)9-6-4-5-8-7-10(15)14(2)11(8)9/h4-6H,3,7H2,1-2H3. The SMILES string of the molecule is CCOC(=O)C(=O)c1cccc2c1N(C)C(=O)C2. The summed E-state index contributed by atoms with van der Waals surface area (Å²) in [5.74, 6) is -1.69. The Morgan fingerprint density at radius 2 is 2.11 bits per heavy atom. The van der Waals surface area contributed by atoms with Crippen LogP contribution in [0.1, 0.15) is 22.8 Å². The molecule has 94 valence electrons. The quantitative estimate of drug-likeness (QED) is 0.453. The fraction of sp³-hybridized carbons (Fsp3) is 0.308. The van der Waals surface area contributed by atoms with Crippen molar-refractivity contribution < 1.29 is 19.1 Å². The maximum Gasteiger partial charge on any atom is 0.379 e. The molecule has 0 aliphatic carbocycles. The highest BCUT2D eigenvalue weighted by Crippen LogP contribution is 2.31. The number of amides is 1. The number of fused-ring (bicyclic) bond motifs is 1. The Balaban J connectivity index is 2.42. The summed E-state index contributed by atoms with van der Waals surface area (Å²) in [5.41, 5.74) is 1.50. The van der Waals surface area contributed by atoms with Gasteiger partial charge in [0.15, 0.2) is 0 Å². The van der Waals surface area contributed by atoms with Gasteiger partial charge in [0.25, 0.3) is 5.78 Å². The number of nitrogens with zero attached hydrogens (tertiary/aromatic N) is 1. The number of rotatable bonds is 3. The molecule has 0 unspecified atom stereocenters. The maximum atomic E-state index is 11.9. The molecule has 0 bridgehead atoms. The molecular weight excluding hydrogens is 234 g/mol. The van der Waals surface area contributed by atoms with Gasteiger partial charge in [-0.3, -0.25) is 9.59 Å². The van der Waals surface area contributed by atoms with E-state index in [9.17, 15) is 14.4 Å². The average molecular weight is 247 g/mol. The minimum atomic E-state index is -0.890. The van der Waals surface area contributed by atoms with Crippen molar-refractivity contribution in [3.8, 4) is 0 Å². The van der Waals surface area contributed by atoms with Crippen LogP contribution in [-0.4, -0.2) is 31.3 Å². The van der Waals surface area contributed by atoms with E-state index in [1.165, 1.54) is 11.0 Å². The lowest BCUT2D eigenvalue weighted by Crippen LogP contribution is -2.24. The summed E-state index contributed by atoms with van der Waals surface area (Å²) in [6.45, 7) is 1.78. The molecule has 18 heavy (non-hydrogen) atoms. The molecule has 1 aromatic rings. The van der Waals surface area contributed by atoms with E-state index in [0.29, 0.717) is 5.69 Å². The zero-order valence-corrected chi connectivity index (χ0v) is 10.2. The van der Waals surface area contributed by atoms with E-state index >= 15 is 0 Å². The number of benzene rings is 1. The van der Waals surface area contributed by atoms with Gasteiger partial charge in [-0.25, -0.2) is 4.79 Å². The van der Waals surface area contributed by atoms with Gasteiger partial charge in [-0.1, -0.05) is 12.1 Å². The van der Waals surface area contributed by atoms with Crippen molar-refractivity contribution in [2.75, 3.05) is 18.6 Å². The number of ether oxygens (including phenoxy) is 1. The first-order chi connectivity index (χ1) is 8.56. The fourth-order valence-electron chi connectivity index (χ4n) is 2.03. The van der Waals surface area contributed by atoms with Gasteiger partial charge in [0.05, 0.1) is 24.3 Å². The minimum Gasteiger partial charge on any atom is -0.460 e. The molecule has 1 aromatic carbocycles. The van der Waals surface area contributed by atoms with E-state index in [1.54, 1.807) is 26.1 Å². The first-order valence-corrected chi connectivity index (χ1v) is 5.66. The van der Waals surface area contributed by atoms with Crippen molar-refractivity contribution in [3.05, 3.63) is 29.3 Å². The van der Waals surface area contributed by atoms with Crippen molar-refractivity contribution >= 4 is 23.3 Å². The summed E-state index contributed by atoms with van der Waals surface area (Å²) >= 11 is 0. The Bertz CT molecular complexity index is 536. The molecule has 0 N–H and O–H groups in total. The number of hydrogen-bond donors (Lipinski definition) is 0. The highest BCUT2D eigenvalue weighted by atomic mass is 16.5. The summed E-state index contributed by atoms with van der Waals surface area (Å²) in [5, 5.41) is 0. The Hall–Kier alpha value is -2.17. The topological polar surface area (TPSA) is 63.7 Å². The summed E-state index contributed by atoms with van der Waals surface area (Å²) in [6.07, 6.45) is 0.260. The fourth-order valence-corrected chi connectivity index (χ4v) is 2.03. The number of carbonyl (C=O) groups is 3. The lowest BCUT2D eigenvalue weighted by molar-refractivity contribution is -0.137. The maximum absolute atomic E-state index is 11.9. The first kappa shape index (κ1) is 12.3. The molecule has 2 rings (SSSR count). The highest BCUT2D eigenvalue weighted by Gasteiger charge is 2.31. The number of para-hydroxylation sites is 1. The Morgan fingerprint density at radius 1 is 1.39 bits per heavy atom. The highest BCUT2D eigenvalue weighted by molar-refractivity contribution is 6.42. The second-order valence-electron chi connectivity index (χ2n) is 3.99. The van der Waals surface area contributed by atoms with Gasteiger partial charge in [0.1, 0.15) is 0 Å². The molecule has 0 aromatic heterocycles. The zero-order chi connectivity index (χ0) is 13.3. The van der Waals surface area contributed by atoms with E-state index in [1.807, 2.05) is 0 Å². The van der Waals surface area contributed by atoms with Crippen molar-refractivity contribution in [1.29, 1.82) is 0 Å². The van der Waals surface area contributed by atoms with Crippen LogP contribution in [0.3, 0.4) is 0 Å². The van der Waals surface area contributed by atoms with Gasteiger partial charge in [-0.05, 0) is 18.6 Å². The summed E-state index contributed by atoms with van der Waals surface area (Å²) in [7, 11) is 1.59. The second-order valence-corrected chi connectivity index (χ2v) is 3.99. The third-order valence-corrected chi connectivity index (χ3v) is 2.88. The van der Waals surface area contributed by atoms with Crippen molar-refractivity contribution in [3.63, 3.8) is 0 Å². The molecule has 1 aliphatic rings. The van der Waals surface area contributed by atoms with Crippen LogP contribution in [0.2, 0.25) is 0 Å². The Kier molecular flexibility index (Phi) is 3.14. The molecule has 1 aliphatic heterocycles. The number of Topliss-reactive ketones (excluding diaryl/α,β-unsaturated/α-hetero) is 1. The van der Waals surface area contributed by atoms with Crippen LogP contribution in [0.25, 0.3) is 0 Å². The number of anilines is 1. The van der Waals surface area contributed by atoms with Crippen LogP contribution < -0.4 is 4.90 Å². The van der Waals surface area contributed by atoms with Crippen LogP contribution in [0, 0.1) is 0 Å². The van der Waals surface area contributed by atoms with E-state index in [4.69, 9.17) is 0 Å². The third-order valence-electron chi connectivity index (χ3n) is 2.88. The molecule has 0 spiro atoms. The number of carbonyl (C=O) groups excluding carboxylic acids is 3. The molecule has 5 heteroatoms. The Labute approximate surface area is 104 Å². The van der Waals surface area contributed by atoms with Gasteiger partial charge in [0, 0.05) is 7.05 Å². The molecule has 5 nitrogen and oxygen atoms in total. The van der Waals surface area contributed by atoms with Crippen LogP contribution >= 0.6 is 0 Å². The minimum absolute atomic E-state index is 0.0888. The number of hydrogen-bond acceptors (Lipinski definition) is 4. The molecule has 0 atom stereocenters. The van der Waals surface area contributed by atoms with E-state index in [0.717, 1.165) is 5.56 Å². The largest absolute Gasteiger partial charge is 0.460 e. The predicted octanol–water partition coefficient (Wildman–Crippen LogP) is 0.951. The normalized spacial score (nSPS) is 13.4. The molecule has 0 fully saturated rings. The van der Waals surface area contributed by atoms with E-state index in [-0.39, 0.29) is 24.5 Å². The first-order valence-electron chi connectivity index (χ1n) is 5.66. The molecule has 1 amide bonds. The monoisotopic (exact) mass is 247 g/mol. The molecule has 0 radical (unpaired) electrons. The number of ketones is 1. The van der Waals surface area contributed by atoms with E-state index < -0.39 is 11.8 Å². The second kappa shape index (κ2) is 4.60. The van der Waals surface area contributed by atoms with Gasteiger partial charge < -0.3 is 9.64 Å². The number of likely N-dealkylation sites (N-methyl/N-ethyl adjacent to an activating group) is 1. The van der Waals surface area contributed by atoms with Crippen LogP contribution in [-0.2, 0) is 20.7 Å². The lowest BCUT2D eigenvalue weighted by atomic mass is 10.0. The average Bonchev–Trinajstić information content (AvgIpc) is 2.64. The summed E-state index contributed by atoms with van der Waals surface area (Å²) in [4.78, 5) is 36.4. The van der Waals surface area contributed by atoms with Crippen molar-refractivity contribution in [1.82, 2.24) is 0 Å². The lowest BCUT2D eigenvalue weighted by Gasteiger charge is -2.13. The Morgan fingerprint density at radius 3 is 2.78 bits per heavy atom. The van der Waals surface area contributed by atoms with Crippen molar-refractivity contribution in [2.45, 2.75) is 13.3 Å². The number of esters is 1. The van der Waals surface area contributed by atoms with Gasteiger partial charge in [0.2, 0.25) is 5.91 Å². The third kappa shape index (κ3) is 1.88. The van der Waals surface area contributed by atoms with Crippen LogP contribution in [0.15, 0.2) is 18.2 Å². The van der Waals surface area contributed by atoms with Crippen LogP contribution in [0.4, 0.5) is 5.69 Å².